The van der Waals surface area contributed by atoms with Crippen LogP contribution in [0.3, 0.4) is 0 Å². The third-order valence-electron chi connectivity index (χ3n) is 5.24. The third kappa shape index (κ3) is 4.43. The lowest BCUT2D eigenvalue weighted by Crippen LogP contribution is -2.45. The number of carbonyl (C=O) groups excluding carboxylic acids is 2. The van der Waals surface area contributed by atoms with E-state index in [2.05, 4.69) is 6.92 Å². The van der Waals surface area contributed by atoms with Crippen molar-refractivity contribution in [1.29, 1.82) is 0 Å². The van der Waals surface area contributed by atoms with E-state index in [1.54, 1.807) is 12.1 Å². The standard InChI is InChI=1S/C19H26N2O5S/c1-2-16-6-3-4-11-20(16)18(22)14-26-19(23)15-7-9-17(10-8-15)21-12-5-13-27(21,24)25/h7-10,16H,2-6,11-14H2,1H3. The Morgan fingerprint density at radius 1 is 1.11 bits per heavy atom. The van der Waals surface area contributed by atoms with Crippen molar-refractivity contribution in [2.24, 2.45) is 0 Å². The molecule has 1 unspecified atom stereocenters. The molecule has 0 aromatic heterocycles. The van der Waals surface area contributed by atoms with Crippen LogP contribution in [-0.2, 0) is 19.6 Å². The number of ether oxygens (including phenoxy) is 1. The fourth-order valence-electron chi connectivity index (χ4n) is 3.74. The van der Waals surface area contributed by atoms with Crippen molar-refractivity contribution in [1.82, 2.24) is 4.90 Å². The number of hydrogen-bond acceptors (Lipinski definition) is 5. The predicted molar refractivity (Wildman–Crippen MR) is 102 cm³/mol. The molecule has 2 aliphatic rings. The van der Waals surface area contributed by atoms with E-state index in [9.17, 15) is 18.0 Å². The first-order valence-corrected chi connectivity index (χ1v) is 11.1. The van der Waals surface area contributed by atoms with Crippen molar-refractivity contribution in [2.45, 2.75) is 45.1 Å². The third-order valence-corrected chi connectivity index (χ3v) is 7.11. The van der Waals surface area contributed by atoms with Crippen molar-refractivity contribution in [3.63, 3.8) is 0 Å². The van der Waals surface area contributed by atoms with Crippen LogP contribution in [0.1, 0.15) is 49.4 Å². The first kappa shape index (κ1) is 19.7. The highest BCUT2D eigenvalue weighted by Gasteiger charge is 2.29. The molecule has 27 heavy (non-hydrogen) atoms. The SMILES string of the molecule is CCC1CCCCN1C(=O)COC(=O)c1ccc(N2CCCS2(=O)=O)cc1. The number of benzene rings is 1. The topological polar surface area (TPSA) is 84.0 Å². The van der Waals surface area contributed by atoms with Crippen LogP contribution in [0.25, 0.3) is 0 Å². The Morgan fingerprint density at radius 2 is 1.85 bits per heavy atom. The average Bonchev–Trinajstić information content (AvgIpc) is 3.04. The van der Waals surface area contributed by atoms with Crippen molar-refractivity contribution in [2.75, 3.05) is 29.8 Å². The number of amides is 1. The molecule has 0 aliphatic carbocycles. The molecule has 0 radical (unpaired) electrons. The van der Waals surface area contributed by atoms with E-state index in [0.717, 1.165) is 25.7 Å². The van der Waals surface area contributed by atoms with E-state index < -0.39 is 16.0 Å². The molecule has 0 bridgehead atoms. The summed E-state index contributed by atoms with van der Waals surface area (Å²) in [5.41, 5.74) is 0.841. The zero-order chi connectivity index (χ0) is 19.4. The summed E-state index contributed by atoms with van der Waals surface area (Å²) in [4.78, 5) is 26.4. The van der Waals surface area contributed by atoms with Crippen LogP contribution in [0.2, 0.25) is 0 Å². The Morgan fingerprint density at radius 3 is 2.48 bits per heavy atom. The van der Waals surface area contributed by atoms with Gasteiger partial charge in [-0.1, -0.05) is 6.92 Å². The highest BCUT2D eigenvalue weighted by Crippen LogP contribution is 2.24. The second-order valence-corrected chi connectivity index (χ2v) is 9.02. The first-order valence-electron chi connectivity index (χ1n) is 9.49. The second-order valence-electron chi connectivity index (χ2n) is 7.01. The first-order chi connectivity index (χ1) is 12.9. The van der Waals surface area contributed by atoms with E-state index in [1.807, 2.05) is 4.90 Å². The summed E-state index contributed by atoms with van der Waals surface area (Å²) in [6, 6.07) is 6.49. The van der Waals surface area contributed by atoms with Crippen LogP contribution >= 0.6 is 0 Å². The van der Waals surface area contributed by atoms with Crippen molar-refractivity contribution in [3.05, 3.63) is 29.8 Å². The Hall–Kier alpha value is -2.09. The minimum atomic E-state index is -3.25. The lowest BCUT2D eigenvalue weighted by molar-refractivity contribution is -0.138. The number of hydrogen-bond donors (Lipinski definition) is 0. The van der Waals surface area contributed by atoms with Gasteiger partial charge in [-0.15, -0.1) is 0 Å². The highest BCUT2D eigenvalue weighted by atomic mass is 32.2. The molecule has 0 saturated carbocycles. The quantitative estimate of drug-likeness (QED) is 0.715. The molecule has 2 fully saturated rings. The number of piperidine rings is 1. The van der Waals surface area contributed by atoms with Crippen molar-refractivity contribution in [3.8, 4) is 0 Å². The molecule has 8 heteroatoms. The zero-order valence-electron chi connectivity index (χ0n) is 15.6. The molecule has 0 spiro atoms. The van der Waals surface area contributed by atoms with Gasteiger partial charge in [0.15, 0.2) is 6.61 Å². The summed E-state index contributed by atoms with van der Waals surface area (Å²) in [6.07, 6.45) is 4.61. The molecule has 2 aliphatic heterocycles. The van der Waals surface area contributed by atoms with Gasteiger partial charge < -0.3 is 9.64 Å². The lowest BCUT2D eigenvalue weighted by atomic mass is 10.00. The van der Waals surface area contributed by atoms with E-state index in [1.165, 1.54) is 16.4 Å². The average molecular weight is 394 g/mol. The maximum Gasteiger partial charge on any atom is 0.338 e. The van der Waals surface area contributed by atoms with Crippen molar-refractivity contribution < 1.29 is 22.7 Å². The van der Waals surface area contributed by atoms with Crippen LogP contribution in [0, 0.1) is 0 Å². The van der Waals surface area contributed by atoms with Gasteiger partial charge in [-0.25, -0.2) is 13.2 Å². The van der Waals surface area contributed by atoms with Crippen LogP contribution in [0.15, 0.2) is 24.3 Å². The number of esters is 1. The minimum absolute atomic E-state index is 0.147. The predicted octanol–water partition coefficient (Wildman–Crippen LogP) is 2.17. The lowest BCUT2D eigenvalue weighted by Gasteiger charge is -2.35. The molecule has 1 aromatic rings. The van der Waals surface area contributed by atoms with Crippen molar-refractivity contribution >= 4 is 27.6 Å². The Bertz CT molecular complexity index is 791. The van der Waals surface area contributed by atoms with E-state index in [0.29, 0.717) is 30.8 Å². The van der Waals surface area contributed by atoms with Gasteiger partial charge in [-0.3, -0.25) is 9.10 Å². The number of anilines is 1. The molecule has 0 N–H and O–H groups in total. The molecule has 1 amide bonds. The Labute approximate surface area is 160 Å². The Balaban J connectivity index is 1.57. The minimum Gasteiger partial charge on any atom is -0.452 e. The summed E-state index contributed by atoms with van der Waals surface area (Å²) in [6.45, 7) is 2.96. The number of nitrogens with zero attached hydrogens (tertiary/aromatic N) is 2. The fourth-order valence-corrected chi connectivity index (χ4v) is 5.30. The summed E-state index contributed by atoms with van der Waals surface area (Å²) < 4.78 is 30.4. The Kier molecular flexibility index (Phi) is 6.04. The zero-order valence-corrected chi connectivity index (χ0v) is 16.4. The number of likely N-dealkylation sites (tertiary alicyclic amines) is 1. The number of rotatable bonds is 5. The maximum absolute atomic E-state index is 12.4. The van der Waals surface area contributed by atoms with Gasteiger partial charge >= 0.3 is 5.97 Å². The largest absolute Gasteiger partial charge is 0.452 e. The highest BCUT2D eigenvalue weighted by molar-refractivity contribution is 7.93. The molecule has 7 nitrogen and oxygen atoms in total. The van der Waals surface area contributed by atoms with E-state index in [4.69, 9.17) is 4.74 Å². The van der Waals surface area contributed by atoms with Crippen LogP contribution in [-0.4, -0.2) is 56.7 Å². The van der Waals surface area contributed by atoms with Crippen LogP contribution in [0.5, 0.6) is 0 Å². The molecule has 1 aromatic carbocycles. The van der Waals surface area contributed by atoms with Crippen LogP contribution in [0.4, 0.5) is 5.69 Å². The molecule has 3 rings (SSSR count). The van der Waals surface area contributed by atoms with Gasteiger partial charge in [0, 0.05) is 19.1 Å². The van der Waals surface area contributed by atoms with Gasteiger partial charge in [0.05, 0.1) is 17.0 Å². The maximum atomic E-state index is 12.4. The number of carbonyl (C=O) groups is 2. The van der Waals surface area contributed by atoms with Gasteiger partial charge in [0.1, 0.15) is 0 Å². The van der Waals surface area contributed by atoms with Gasteiger partial charge in [0.2, 0.25) is 10.0 Å². The molecular formula is C19H26N2O5S. The van der Waals surface area contributed by atoms with E-state index in [-0.39, 0.29) is 24.3 Å². The normalized spacial score (nSPS) is 21.9. The summed E-state index contributed by atoms with van der Waals surface area (Å²) in [5.74, 6) is -0.590. The second kappa shape index (κ2) is 8.29. The van der Waals surface area contributed by atoms with Crippen LogP contribution < -0.4 is 4.31 Å². The molecule has 148 valence electrons. The summed E-state index contributed by atoms with van der Waals surface area (Å²) >= 11 is 0. The summed E-state index contributed by atoms with van der Waals surface area (Å²) in [5, 5.41) is 0. The van der Waals surface area contributed by atoms with Gasteiger partial charge in [0.25, 0.3) is 5.91 Å². The summed E-state index contributed by atoms with van der Waals surface area (Å²) in [7, 11) is -3.25. The fraction of sp³-hybridized carbons (Fsp3) is 0.579. The van der Waals surface area contributed by atoms with Gasteiger partial charge in [-0.05, 0) is 56.4 Å². The van der Waals surface area contributed by atoms with E-state index >= 15 is 0 Å². The smallest absolute Gasteiger partial charge is 0.338 e. The van der Waals surface area contributed by atoms with Gasteiger partial charge in [-0.2, -0.15) is 0 Å². The monoisotopic (exact) mass is 394 g/mol. The molecule has 2 heterocycles. The number of sulfonamides is 1. The molecule has 1 atom stereocenters. The molecular weight excluding hydrogens is 368 g/mol. The molecule has 2 saturated heterocycles.